The van der Waals surface area contributed by atoms with Crippen molar-refractivity contribution in [1.82, 2.24) is 20.4 Å². The minimum atomic E-state index is -0.00634. The van der Waals surface area contributed by atoms with Crippen LogP contribution in [0.4, 0.5) is 0 Å². The van der Waals surface area contributed by atoms with Crippen LogP contribution in [0.5, 0.6) is 0 Å². The summed E-state index contributed by atoms with van der Waals surface area (Å²) in [4.78, 5) is 0. The molecule has 0 aliphatic heterocycles. The van der Waals surface area contributed by atoms with E-state index in [0.29, 0.717) is 0 Å². The molecule has 0 radical (unpaired) electrons. The Labute approximate surface area is 85.4 Å². The van der Waals surface area contributed by atoms with Gasteiger partial charge < -0.3 is 5.73 Å². The Hall–Kier alpha value is -1.27. The maximum Gasteiger partial charge on any atom is 0.151 e. The Morgan fingerprint density at radius 1 is 1.57 bits per heavy atom. The first-order valence-corrected chi connectivity index (χ1v) is 5.21. The third kappa shape index (κ3) is 1.66. The molecule has 3 N–H and O–H groups in total. The van der Waals surface area contributed by atoms with Crippen molar-refractivity contribution >= 4 is 11.3 Å². The Morgan fingerprint density at radius 2 is 2.43 bits per heavy atom. The quantitative estimate of drug-likeness (QED) is 0.799. The van der Waals surface area contributed by atoms with Crippen molar-refractivity contribution in [2.75, 3.05) is 0 Å². The van der Waals surface area contributed by atoms with Crippen molar-refractivity contribution in [1.29, 1.82) is 0 Å². The van der Waals surface area contributed by atoms with Crippen LogP contribution in [-0.4, -0.2) is 20.4 Å². The first-order chi connectivity index (χ1) is 6.81. The normalized spacial score (nSPS) is 13.0. The molecule has 74 valence electrons. The predicted molar refractivity (Wildman–Crippen MR) is 54.7 cm³/mol. The van der Waals surface area contributed by atoms with Crippen molar-refractivity contribution in [3.8, 4) is 10.6 Å². The summed E-state index contributed by atoms with van der Waals surface area (Å²) < 4.78 is 0. The summed E-state index contributed by atoms with van der Waals surface area (Å²) in [7, 11) is 0. The second kappa shape index (κ2) is 3.85. The molecule has 0 aromatic carbocycles. The maximum absolute atomic E-state index is 5.85. The Balaban J connectivity index is 2.26. The van der Waals surface area contributed by atoms with Gasteiger partial charge in [0.25, 0.3) is 0 Å². The summed E-state index contributed by atoms with van der Waals surface area (Å²) in [5.74, 6) is 0. The molecule has 1 unspecified atom stereocenters. The van der Waals surface area contributed by atoms with Crippen molar-refractivity contribution < 1.29 is 0 Å². The fourth-order valence-corrected chi connectivity index (χ4v) is 1.95. The number of aromatic nitrogens is 4. The molecule has 1 atom stereocenters. The van der Waals surface area contributed by atoms with Crippen LogP contribution in [0.2, 0.25) is 0 Å². The van der Waals surface area contributed by atoms with Crippen molar-refractivity contribution in [2.24, 2.45) is 5.73 Å². The minimum absolute atomic E-state index is 0.00634. The Bertz CT molecular complexity index is 394. The van der Waals surface area contributed by atoms with Gasteiger partial charge in [0.1, 0.15) is 5.01 Å². The smallest absolute Gasteiger partial charge is 0.151 e. The molecule has 0 bridgehead atoms. The van der Waals surface area contributed by atoms with Crippen molar-refractivity contribution in [2.45, 2.75) is 19.4 Å². The third-order valence-corrected chi connectivity index (χ3v) is 3.05. The number of hydrogen-bond donors (Lipinski definition) is 2. The lowest BCUT2D eigenvalue weighted by atomic mass is 10.3. The molecular formula is C8H11N5S. The summed E-state index contributed by atoms with van der Waals surface area (Å²) in [6.07, 6.45) is 4.39. The van der Waals surface area contributed by atoms with Gasteiger partial charge in [0, 0.05) is 6.20 Å². The second-order valence-electron chi connectivity index (χ2n) is 2.95. The van der Waals surface area contributed by atoms with E-state index in [2.05, 4.69) is 20.4 Å². The molecule has 0 saturated carbocycles. The van der Waals surface area contributed by atoms with Crippen LogP contribution in [-0.2, 0) is 0 Å². The highest BCUT2D eigenvalue weighted by Gasteiger charge is 2.11. The molecule has 2 heterocycles. The number of rotatable bonds is 3. The van der Waals surface area contributed by atoms with E-state index in [0.717, 1.165) is 22.0 Å². The van der Waals surface area contributed by atoms with Crippen LogP contribution in [0.15, 0.2) is 12.4 Å². The van der Waals surface area contributed by atoms with E-state index < -0.39 is 0 Å². The zero-order valence-electron chi connectivity index (χ0n) is 7.77. The van der Waals surface area contributed by atoms with Gasteiger partial charge in [-0.1, -0.05) is 18.3 Å². The lowest BCUT2D eigenvalue weighted by molar-refractivity contribution is 0.683. The molecule has 0 aliphatic rings. The van der Waals surface area contributed by atoms with E-state index in [1.807, 2.05) is 6.92 Å². The standard InChI is InChI=1S/C8H11N5S/c1-2-6(9)8-13-12-7(14-8)5-3-10-11-4-5/h3-4,6H,2,9H2,1H3,(H,10,11). The van der Waals surface area contributed by atoms with Gasteiger partial charge in [-0.05, 0) is 6.42 Å². The molecule has 0 fully saturated rings. The highest BCUT2D eigenvalue weighted by molar-refractivity contribution is 7.14. The van der Waals surface area contributed by atoms with Crippen LogP contribution in [0.3, 0.4) is 0 Å². The molecule has 2 aromatic rings. The van der Waals surface area contributed by atoms with Gasteiger partial charge in [-0.3, -0.25) is 5.10 Å². The van der Waals surface area contributed by atoms with E-state index >= 15 is 0 Å². The van der Waals surface area contributed by atoms with E-state index in [4.69, 9.17) is 5.73 Å². The summed E-state index contributed by atoms with van der Waals surface area (Å²) in [6.45, 7) is 2.03. The molecule has 0 aliphatic carbocycles. The van der Waals surface area contributed by atoms with E-state index in [9.17, 15) is 0 Å². The molecule has 6 heteroatoms. The fourth-order valence-electron chi connectivity index (χ4n) is 1.04. The molecule has 0 amide bonds. The maximum atomic E-state index is 5.85. The molecule has 2 rings (SSSR count). The van der Waals surface area contributed by atoms with Gasteiger partial charge in [-0.25, -0.2) is 0 Å². The molecule has 2 aromatic heterocycles. The number of aromatic amines is 1. The SMILES string of the molecule is CCC(N)c1nnc(-c2cn[nH]c2)s1. The molecule has 0 saturated heterocycles. The number of H-pyrrole nitrogens is 1. The van der Waals surface area contributed by atoms with Gasteiger partial charge in [-0.15, -0.1) is 10.2 Å². The average Bonchev–Trinajstić information content (AvgIpc) is 2.86. The van der Waals surface area contributed by atoms with Crippen LogP contribution in [0, 0.1) is 0 Å². The van der Waals surface area contributed by atoms with Crippen LogP contribution < -0.4 is 5.73 Å². The summed E-state index contributed by atoms with van der Waals surface area (Å²) in [5.41, 5.74) is 6.80. The molecule has 0 spiro atoms. The monoisotopic (exact) mass is 209 g/mol. The van der Waals surface area contributed by atoms with Crippen molar-refractivity contribution in [3.63, 3.8) is 0 Å². The highest BCUT2D eigenvalue weighted by Crippen LogP contribution is 2.25. The molecule has 14 heavy (non-hydrogen) atoms. The van der Waals surface area contributed by atoms with Crippen LogP contribution >= 0.6 is 11.3 Å². The van der Waals surface area contributed by atoms with Gasteiger partial charge in [0.2, 0.25) is 0 Å². The Kier molecular flexibility index (Phi) is 2.55. The first kappa shape index (κ1) is 9.29. The Morgan fingerprint density at radius 3 is 3.07 bits per heavy atom. The fraction of sp³-hybridized carbons (Fsp3) is 0.375. The van der Waals surface area contributed by atoms with Gasteiger partial charge in [0.15, 0.2) is 5.01 Å². The number of hydrogen-bond acceptors (Lipinski definition) is 5. The summed E-state index contributed by atoms with van der Waals surface area (Å²) in [5, 5.41) is 16.4. The summed E-state index contributed by atoms with van der Waals surface area (Å²) in [6, 6.07) is -0.00634. The van der Waals surface area contributed by atoms with Crippen molar-refractivity contribution in [3.05, 3.63) is 17.4 Å². The molecule has 5 nitrogen and oxygen atoms in total. The zero-order valence-corrected chi connectivity index (χ0v) is 8.58. The van der Waals surface area contributed by atoms with E-state index in [1.54, 1.807) is 12.4 Å². The number of nitrogens with zero attached hydrogens (tertiary/aromatic N) is 3. The topological polar surface area (TPSA) is 80.5 Å². The molecular weight excluding hydrogens is 198 g/mol. The van der Waals surface area contributed by atoms with Gasteiger partial charge in [-0.2, -0.15) is 5.10 Å². The predicted octanol–water partition coefficient (Wildman–Crippen LogP) is 1.34. The lowest BCUT2D eigenvalue weighted by Crippen LogP contribution is -2.07. The van der Waals surface area contributed by atoms with Gasteiger partial charge >= 0.3 is 0 Å². The largest absolute Gasteiger partial charge is 0.322 e. The third-order valence-electron chi connectivity index (χ3n) is 1.94. The number of nitrogens with two attached hydrogens (primary N) is 1. The summed E-state index contributed by atoms with van der Waals surface area (Å²) >= 11 is 1.52. The lowest BCUT2D eigenvalue weighted by Gasteiger charge is -2.00. The average molecular weight is 209 g/mol. The minimum Gasteiger partial charge on any atom is -0.322 e. The number of nitrogens with one attached hydrogen (secondary N) is 1. The zero-order chi connectivity index (χ0) is 9.97. The van der Waals surface area contributed by atoms with Crippen LogP contribution in [0.1, 0.15) is 24.4 Å². The highest BCUT2D eigenvalue weighted by atomic mass is 32.1. The van der Waals surface area contributed by atoms with E-state index in [-0.39, 0.29) is 6.04 Å². The van der Waals surface area contributed by atoms with Gasteiger partial charge in [0.05, 0.1) is 17.8 Å². The second-order valence-corrected chi connectivity index (χ2v) is 3.96. The van der Waals surface area contributed by atoms with E-state index in [1.165, 1.54) is 11.3 Å². The first-order valence-electron chi connectivity index (χ1n) is 4.39. The van der Waals surface area contributed by atoms with Crippen LogP contribution in [0.25, 0.3) is 10.6 Å².